The van der Waals surface area contributed by atoms with Crippen molar-refractivity contribution in [3.8, 4) is 6.07 Å². The highest BCUT2D eigenvalue weighted by molar-refractivity contribution is 7.09. The number of rotatable bonds is 3. The Morgan fingerprint density at radius 1 is 1.35 bits per heavy atom. The molecular formula is C14H9ClN4S. The summed E-state index contributed by atoms with van der Waals surface area (Å²) >= 11 is 7.71. The molecular weight excluding hydrogens is 292 g/mol. The number of halogens is 1. The molecule has 0 saturated heterocycles. The van der Waals surface area contributed by atoms with Gasteiger partial charge < -0.3 is 5.32 Å². The number of para-hydroxylation sites is 1. The Kier molecular flexibility index (Phi) is 3.50. The van der Waals surface area contributed by atoms with Gasteiger partial charge in [0.1, 0.15) is 11.1 Å². The van der Waals surface area contributed by atoms with Gasteiger partial charge >= 0.3 is 0 Å². The molecule has 1 N–H and O–H groups in total. The van der Waals surface area contributed by atoms with Crippen molar-refractivity contribution < 1.29 is 0 Å². The number of nitrogens with one attached hydrogen (secondary N) is 1. The summed E-state index contributed by atoms with van der Waals surface area (Å²) in [4.78, 5) is 8.47. The van der Waals surface area contributed by atoms with Crippen molar-refractivity contribution in [3.05, 3.63) is 51.6 Å². The van der Waals surface area contributed by atoms with E-state index in [1.54, 1.807) is 29.8 Å². The molecule has 1 aromatic carbocycles. The smallest absolute Gasteiger partial charge is 0.112 e. The number of benzene rings is 1. The van der Waals surface area contributed by atoms with Crippen LogP contribution in [0.3, 0.4) is 0 Å². The Balaban J connectivity index is 2.07. The van der Waals surface area contributed by atoms with Crippen molar-refractivity contribution >= 4 is 39.5 Å². The molecule has 0 amide bonds. The summed E-state index contributed by atoms with van der Waals surface area (Å²) in [6, 6.07) is 7.69. The lowest BCUT2D eigenvalue weighted by atomic mass is 10.1. The minimum absolute atomic E-state index is 0.497. The van der Waals surface area contributed by atoms with Crippen LogP contribution in [0.4, 0.5) is 5.69 Å². The number of anilines is 1. The van der Waals surface area contributed by atoms with Gasteiger partial charge in [-0.1, -0.05) is 23.7 Å². The number of pyridine rings is 1. The summed E-state index contributed by atoms with van der Waals surface area (Å²) in [5.41, 5.74) is 1.93. The third-order valence-corrected chi connectivity index (χ3v) is 3.95. The fourth-order valence-corrected chi connectivity index (χ4v) is 2.75. The fourth-order valence-electron chi connectivity index (χ4n) is 1.97. The van der Waals surface area contributed by atoms with Gasteiger partial charge in [0.05, 0.1) is 28.3 Å². The van der Waals surface area contributed by atoms with E-state index in [9.17, 15) is 5.26 Å². The van der Waals surface area contributed by atoms with Gasteiger partial charge in [-0.2, -0.15) is 5.26 Å². The standard InChI is InChI=1S/C14H9ClN4S/c15-11-3-1-2-10-13(9(6-16)7-18-14(10)11)19-8-12-17-4-5-20-12/h1-5,7H,8H2,(H,18,19). The van der Waals surface area contributed by atoms with E-state index in [0.717, 1.165) is 16.1 Å². The molecule has 3 aromatic rings. The van der Waals surface area contributed by atoms with Crippen molar-refractivity contribution in [2.24, 2.45) is 0 Å². The Labute approximate surface area is 124 Å². The first-order valence-corrected chi connectivity index (χ1v) is 7.15. The highest BCUT2D eigenvalue weighted by Gasteiger charge is 2.10. The van der Waals surface area contributed by atoms with Gasteiger partial charge in [-0.25, -0.2) is 4.98 Å². The Bertz CT molecular complexity index is 793. The zero-order chi connectivity index (χ0) is 13.9. The van der Waals surface area contributed by atoms with Crippen molar-refractivity contribution in [2.75, 3.05) is 5.32 Å². The third-order valence-electron chi connectivity index (χ3n) is 2.87. The van der Waals surface area contributed by atoms with E-state index in [-0.39, 0.29) is 0 Å². The van der Waals surface area contributed by atoms with E-state index in [0.29, 0.717) is 22.6 Å². The lowest BCUT2D eigenvalue weighted by Crippen LogP contribution is -2.02. The SMILES string of the molecule is N#Cc1cnc2c(Cl)cccc2c1NCc1nccs1. The second kappa shape index (κ2) is 5.45. The van der Waals surface area contributed by atoms with Crippen LogP contribution in [0.1, 0.15) is 10.6 Å². The number of aromatic nitrogens is 2. The lowest BCUT2D eigenvalue weighted by Gasteiger charge is -2.10. The highest BCUT2D eigenvalue weighted by Crippen LogP contribution is 2.30. The predicted molar refractivity (Wildman–Crippen MR) is 80.9 cm³/mol. The number of nitriles is 1. The molecule has 0 saturated carbocycles. The zero-order valence-corrected chi connectivity index (χ0v) is 11.9. The first-order valence-electron chi connectivity index (χ1n) is 5.89. The average molecular weight is 301 g/mol. The molecule has 0 aliphatic rings. The second-order valence-corrected chi connectivity index (χ2v) is 5.46. The summed E-state index contributed by atoms with van der Waals surface area (Å²) in [5, 5.41) is 16.8. The molecule has 0 aliphatic carbocycles. The number of hydrogen-bond acceptors (Lipinski definition) is 5. The summed E-state index contributed by atoms with van der Waals surface area (Å²) in [7, 11) is 0. The van der Waals surface area contributed by atoms with E-state index < -0.39 is 0 Å². The molecule has 0 spiro atoms. The van der Waals surface area contributed by atoms with Gasteiger partial charge in [0.15, 0.2) is 0 Å². The molecule has 2 heterocycles. The van der Waals surface area contributed by atoms with Gasteiger partial charge in [-0.15, -0.1) is 11.3 Å². The van der Waals surface area contributed by atoms with Crippen LogP contribution in [0, 0.1) is 11.3 Å². The predicted octanol–water partition coefficient (Wildman–Crippen LogP) is 3.83. The van der Waals surface area contributed by atoms with E-state index in [1.165, 1.54) is 0 Å². The average Bonchev–Trinajstić information content (AvgIpc) is 2.98. The van der Waals surface area contributed by atoms with Crippen LogP contribution in [0.25, 0.3) is 10.9 Å². The Morgan fingerprint density at radius 3 is 3.00 bits per heavy atom. The van der Waals surface area contributed by atoms with Crippen LogP contribution in [0.5, 0.6) is 0 Å². The largest absolute Gasteiger partial charge is 0.377 e. The van der Waals surface area contributed by atoms with E-state index in [2.05, 4.69) is 21.4 Å². The van der Waals surface area contributed by atoms with Crippen molar-refractivity contribution in [1.82, 2.24) is 9.97 Å². The Morgan fingerprint density at radius 2 is 2.25 bits per heavy atom. The third kappa shape index (κ3) is 2.31. The van der Waals surface area contributed by atoms with Gasteiger partial charge in [-0.05, 0) is 6.07 Å². The number of nitrogens with zero attached hydrogens (tertiary/aromatic N) is 3. The van der Waals surface area contributed by atoms with Crippen LogP contribution in [-0.2, 0) is 6.54 Å². The number of fused-ring (bicyclic) bond motifs is 1. The quantitative estimate of drug-likeness (QED) is 0.798. The van der Waals surface area contributed by atoms with Crippen LogP contribution < -0.4 is 5.32 Å². The lowest BCUT2D eigenvalue weighted by molar-refractivity contribution is 1.10. The van der Waals surface area contributed by atoms with Crippen molar-refractivity contribution in [2.45, 2.75) is 6.54 Å². The molecule has 6 heteroatoms. The van der Waals surface area contributed by atoms with Gasteiger partial charge in [0, 0.05) is 23.2 Å². The van der Waals surface area contributed by atoms with Crippen LogP contribution >= 0.6 is 22.9 Å². The molecule has 0 atom stereocenters. The van der Waals surface area contributed by atoms with Crippen LogP contribution in [0.15, 0.2) is 36.0 Å². The monoisotopic (exact) mass is 300 g/mol. The first-order chi connectivity index (χ1) is 9.79. The molecule has 0 bridgehead atoms. The van der Waals surface area contributed by atoms with E-state index in [1.807, 2.05) is 17.5 Å². The molecule has 3 rings (SSSR count). The maximum atomic E-state index is 9.23. The molecule has 20 heavy (non-hydrogen) atoms. The number of thiazole rings is 1. The minimum Gasteiger partial charge on any atom is -0.377 e. The molecule has 0 radical (unpaired) electrons. The molecule has 0 fully saturated rings. The molecule has 0 unspecified atom stereocenters. The van der Waals surface area contributed by atoms with Crippen molar-refractivity contribution in [1.29, 1.82) is 5.26 Å². The summed E-state index contributed by atoms with van der Waals surface area (Å²) < 4.78 is 0. The number of hydrogen-bond donors (Lipinski definition) is 1. The van der Waals surface area contributed by atoms with Gasteiger partial charge in [0.25, 0.3) is 0 Å². The first kappa shape index (κ1) is 12.9. The molecule has 0 aliphatic heterocycles. The summed E-state index contributed by atoms with van der Waals surface area (Å²) in [6.07, 6.45) is 3.30. The maximum Gasteiger partial charge on any atom is 0.112 e. The van der Waals surface area contributed by atoms with E-state index in [4.69, 9.17) is 11.6 Å². The zero-order valence-electron chi connectivity index (χ0n) is 10.3. The molecule has 2 aromatic heterocycles. The normalized spacial score (nSPS) is 10.4. The van der Waals surface area contributed by atoms with Crippen LogP contribution in [0.2, 0.25) is 5.02 Å². The van der Waals surface area contributed by atoms with E-state index >= 15 is 0 Å². The van der Waals surface area contributed by atoms with Crippen molar-refractivity contribution in [3.63, 3.8) is 0 Å². The van der Waals surface area contributed by atoms with Crippen LogP contribution in [-0.4, -0.2) is 9.97 Å². The molecule has 4 nitrogen and oxygen atoms in total. The summed E-state index contributed by atoms with van der Waals surface area (Å²) in [5.74, 6) is 0. The second-order valence-electron chi connectivity index (χ2n) is 4.07. The fraction of sp³-hybridized carbons (Fsp3) is 0.0714. The minimum atomic E-state index is 0.497. The topological polar surface area (TPSA) is 61.6 Å². The Hall–Kier alpha value is -2.16. The van der Waals surface area contributed by atoms with Gasteiger partial charge in [0.2, 0.25) is 0 Å². The molecule has 98 valence electrons. The maximum absolute atomic E-state index is 9.23. The van der Waals surface area contributed by atoms with Gasteiger partial charge in [-0.3, -0.25) is 4.98 Å². The summed E-state index contributed by atoms with van der Waals surface area (Å²) in [6.45, 7) is 0.567. The highest BCUT2D eigenvalue weighted by atomic mass is 35.5.